The van der Waals surface area contributed by atoms with Crippen LogP contribution in [0.2, 0.25) is 0 Å². The lowest BCUT2D eigenvalue weighted by Gasteiger charge is -2.34. The maximum atomic E-state index is 14.0. The lowest BCUT2D eigenvalue weighted by Crippen LogP contribution is -2.53. The number of benzene rings is 3. The SMILES string of the molecule is COC(=O)N[C@H](C(=O)N1CCC[C@H]1c1ncc(-c2ccc3nc(-c4ccc5c(ccc6[nH]c([C@@H]7CCCN7C(=O)[C@@H](NC(O)OC)C(C)C)nc65)c4)ccc3c2)[nH]1)C1CCOCC1. The predicted molar refractivity (Wildman–Crippen MR) is 237 cm³/mol. The molecule has 5 N–H and O–H groups in total. The molecule has 5 atom stereocenters. The molecular weight excluding hydrogens is 803 g/mol. The van der Waals surface area contributed by atoms with Crippen molar-refractivity contribution >= 4 is 50.6 Å². The summed E-state index contributed by atoms with van der Waals surface area (Å²) in [6.07, 6.45) is 4.61. The van der Waals surface area contributed by atoms with Gasteiger partial charge >= 0.3 is 6.09 Å². The molecule has 0 aliphatic carbocycles. The number of amides is 3. The highest BCUT2D eigenvalue weighted by Gasteiger charge is 2.41. The minimum atomic E-state index is -1.23. The zero-order valence-electron chi connectivity index (χ0n) is 36.1. The number of hydrogen-bond acceptors (Lipinski definition) is 11. The molecular formula is C47H55N9O7. The van der Waals surface area contributed by atoms with Crippen molar-refractivity contribution in [1.29, 1.82) is 0 Å². The summed E-state index contributed by atoms with van der Waals surface area (Å²) in [6, 6.07) is 18.9. The topological polar surface area (TPSA) is 200 Å². The average Bonchev–Trinajstić information content (AvgIpc) is 4.16. The van der Waals surface area contributed by atoms with Crippen molar-refractivity contribution in [1.82, 2.24) is 45.4 Å². The first-order valence-electron chi connectivity index (χ1n) is 22.0. The van der Waals surface area contributed by atoms with Gasteiger partial charge < -0.3 is 44.4 Å². The third-order valence-electron chi connectivity index (χ3n) is 13.0. The molecule has 3 fully saturated rings. The molecule has 0 radical (unpaired) electrons. The molecule has 0 bridgehead atoms. The Labute approximate surface area is 365 Å². The minimum absolute atomic E-state index is 0.0337. The van der Waals surface area contributed by atoms with Gasteiger partial charge in [0.1, 0.15) is 17.7 Å². The average molecular weight is 858 g/mol. The molecule has 0 spiro atoms. The number of ether oxygens (including phenoxy) is 3. The van der Waals surface area contributed by atoms with Crippen LogP contribution in [0.15, 0.2) is 66.9 Å². The van der Waals surface area contributed by atoms with Crippen LogP contribution in [0.25, 0.3) is 55.2 Å². The van der Waals surface area contributed by atoms with Gasteiger partial charge in [-0.05, 0) is 86.1 Å². The van der Waals surface area contributed by atoms with Crippen molar-refractivity contribution < 1.29 is 33.7 Å². The third-order valence-corrected chi connectivity index (χ3v) is 13.0. The van der Waals surface area contributed by atoms with E-state index in [9.17, 15) is 19.5 Å². The summed E-state index contributed by atoms with van der Waals surface area (Å²) < 4.78 is 15.4. The lowest BCUT2D eigenvalue weighted by molar-refractivity contribution is -0.145. The number of nitrogens with zero attached hydrogens (tertiary/aromatic N) is 5. The number of fused-ring (bicyclic) bond motifs is 4. The van der Waals surface area contributed by atoms with Crippen molar-refractivity contribution in [2.75, 3.05) is 40.5 Å². The van der Waals surface area contributed by atoms with Gasteiger partial charge in [0.25, 0.3) is 0 Å². The third kappa shape index (κ3) is 8.47. The first-order chi connectivity index (χ1) is 30.6. The zero-order valence-corrected chi connectivity index (χ0v) is 36.1. The summed E-state index contributed by atoms with van der Waals surface area (Å²) in [4.78, 5) is 65.7. The smallest absolute Gasteiger partial charge is 0.407 e. The molecule has 3 aromatic heterocycles. The second-order valence-electron chi connectivity index (χ2n) is 17.2. The van der Waals surface area contributed by atoms with Crippen molar-refractivity contribution in [3.8, 4) is 22.5 Å². The molecule has 1 unspecified atom stereocenters. The summed E-state index contributed by atoms with van der Waals surface area (Å²) >= 11 is 0. The van der Waals surface area contributed by atoms with E-state index in [1.807, 2.05) is 54.1 Å². The number of likely N-dealkylation sites (tertiary alicyclic amines) is 2. The van der Waals surface area contributed by atoms with Crippen LogP contribution in [0.3, 0.4) is 0 Å². The van der Waals surface area contributed by atoms with Crippen LogP contribution in [0, 0.1) is 11.8 Å². The molecule has 9 rings (SSSR count). The number of nitrogens with one attached hydrogen (secondary N) is 4. The second-order valence-corrected chi connectivity index (χ2v) is 17.2. The van der Waals surface area contributed by atoms with Crippen LogP contribution in [0.5, 0.6) is 0 Å². The zero-order chi connectivity index (χ0) is 43.8. The summed E-state index contributed by atoms with van der Waals surface area (Å²) in [6.45, 7) is 6.21. The highest BCUT2D eigenvalue weighted by Crippen LogP contribution is 2.37. The van der Waals surface area contributed by atoms with Crippen LogP contribution < -0.4 is 10.6 Å². The predicted octanol–water partition coefficient (Wildman–Crippen LogP) is 6.34. The standard InChI is InChI=1S/C47H55N9O7/c1-26(2)39(53-46(59)61-3)44(57)56-20-6-8-38(56)43-50-35-16-10-28-23-29(9-13-32(28)41(35)52-43)33-14-11-30-24-31(12-15-34(30)49-33)36-25-48-42(51-36)37-7-5-19-55(37)45(58)40(54-47(60)62-4)27-17-21-63-22-18-27/h9-16,23-27,37-40,46,53,59H,5-8,17-22H2,1-4H3,(H,48,51)(H,50,52)(H,54,60)/t37-,38-,39-,40-,46?/m0/s1. The van der Waals surface area contributed by atoms with Gasteiger partial charge in [-0.1, -0.05) is 44.2 Å². The molecule has 3 saturated heterocycles. The Morgan fingerprint density at radius 2 is 1.54 bits per heavy atom. The maximum absolute atomic E-state index is 14.0. The number of hydrogen-bond donors (Lipinski definition) is 5. The monoisotopic (exact) mass is 857 g/mol. The number of carbonyl (C=O) groups excluding carboxylic acids is 3. The highest BCUT2D eigenvalue weighted by molar-refractivity contribution is 6.05. The van der Waals surface area contributed by atoms with Gasteiger partial charge in [0.05, 0.1) is 59.4 Å². The maximum Gasteiger partial charge on any atom is 0.407 e. The number of aliphatic hydroxyl groups is 1. The van der Waals surface area contributed by atoms with Crippen LogP contribution in [0.1, 0.15) is 76.1 Å². The fraction of sp³-hybridized carbons (Fsp3) is 0.447. The Hall–Kier alpha value is -5.94. The van der Waals surface area contributed by atoms with Gasteiger partial charge in [-0.15, -0.1) is 0 Å². The lowest BCUT2D eigenvalue weighted by atomic mass is 9.90. The van der Waals surface area contributed by atoms with Crippen molar-refractivity contribution in [3.63, 3.8) is 0 Å². The van der Waals surface area contributed by atoms with E-state index in [1.165, 1.54) is 14.2 Å². The molecule has 3 aliphatic rings. The van der Waals surface area contributed by atoms with Gasteiger partial charge in [-0.25, -0.2) is 19.7 Å². The summed E-state index contributed by atoms with van der Waals surface area (Å²) in [5.41, 5.74) is 6.25. The van der Waals surface area contributed by atoms with Gasteiger partial charge in [0.15, 0.2) is 0 Å². The number of H-pyrrole nitrogens is 2. The van der Waals surface area contributed by atoms with Crippen LogP contribution in [0.4, 0.5) is 4.79 Å². The van der Waals surface area contributed by atoms with E-state index in [2.05, 4.69) is 57.0 Å². The van der Waals surface area contributed by atoms with Crippen molar-refractivity contribution in [3.05, 3.63) is 78.5 Å². The molecule has 6 aromatic rings. The van der Waals surface area contributed by atoms with Gasteiger partial charge in [0.2, 0.25) is 18.2 Å². The molecule has 16 heteroatoms. The molecule has 3 aliphatic heterocycles. The number of rotatable bonds is 12. The quantitative estimate of drug-likeness (QED) is 0.0862. The summed E-state index contributed by atoms with van der Waals surface area (Å²) in [5, 5.41) is 18.8. The Morgan fingerprint density at radius 1 is 0.825 bits per heavy atom. The van der Waals surface area contributed by atoms with E-state index in [0.29, 0.717) is 39.1 Å². The molecule has 3 aromatic carbocycles. The highest BCUT2D eigenvalue weighted by atomic mass is 16.6. The number of methoxy groups -OCH3 is 2. The van der Waals surface area contributed by atoms with Gasteiger partial charge in [-0.3, -0.25) is 14.9 Å². The van der Waals surface area contributed by atoms with Crippen LogP contribution in [-0.4, -0.2) is 117 Å². The van der Waals surface area contributed by atoms with Gasteiger partial charge in [0, 0.05) is 55.3 Å². The van der Waals surface area contributed by atoms with E-state index in [0.717, 1.165) is 92.6 Å². The minimum Gasteiger partial charge on any atom is -0.453 e. The first-order valence-corrected chi connectivity index (χ1v) is 22.0. The van der Waals surface area contributed by atoms with Crippen LogP contribution in [-0.2, 0) is 23.8 Å². The molecule has 63 heavy (non-hydrogen) atoms. The number of aliphatic hydroxyl groups excluding tert-OH is 1. The second kappa shape index (κ2) is 18.0. The summed E-state index contributed by atoms with van der Waals surface area (Å²) in [7, 11) is 2.70. The van der Waals surface area contributed by atoms with Crippen LogP contribution >= 0.6 is 0 Å². The van der Waals surface area contributed by atoms with Crippen molar-refractivity contribution in [2.45, 2.75) is 83.0 Å². The Bertz CT molecular complexity index is 2640. The Balaban J connectivity index is 0.915. The Morgan fingerprint density at radius 3 is 2.29 bits per heavy atom. The molecule has 3 amide bonds. The first kappa shape index (κ1) is 42.4. The number of aromatic amines is 2. The molecule has 330 valence electrons. The molecule has 16 nitrogen and oxygen atoms in total. The van der Waals surface area contributed by atoms with E-state index in [-0.39, 0.29) is 35.7 Å². The summed E-state index contributed by atoms with van der Waals surface area (Å²) in [5.74, 6) is 1.18. The molecule has 0 saturated carbocycles. The number of imidazole rings is 2. The fourth-order valence-corrected chi connectivity index (χ4v) is 9.62. The number of aromatic nitrogens is 5. The van der Waals surface area contributed by atoms with E-state index >= 15 is 0 Å². The van der Waals surface area contributed by atoms with E-state index < -0.39 is 24.6 Å². The van der Waals surface area contributed by atoms with E-state index in [4.69, 9.17) is 29.2 Å². The fourth-order valence-electron chi connectivity index (χ4n) is 9.62. The number of carbonyl (C=O) groups is 3. The molecule has 6 heterocycles. The number of pyridine rings is 1. The van der Waals surface area contributed by atoms with Crippen molar-refractivity contribution in [2.24, 2.45) is 11.8 Å². The Kier molecular flexibility index (Phi) is 12.1. The van der Waals surface area contributed by atoms with E-state index in [1.54, 1.807) is 0 Å². The van der Waals surface area contributed by atoms with Gasteiger partial charge in [-0.2, -0.15) is 0 Å². The number of alkyl carbamates (subject to hydrolysis) is 1. The largest absolute Gasteiger partial charge is 0.453 e. The normalized spacial score (nSPS) is 19.9.